The molecule has 22 nitrogen and oxygen atoms in total. The topological polar surface area (TPSA) is 278 Å². The Kier molecular flexibility index (Phi) is 21.2. The highest BCUT2D eigenvalue weighted by molar-refractivity contribution is 6.23. The Morgan fingerprint density at radius 1 is 0.483 bits per heavy atom. The van der Waals surface area contributed by atoms with E-state index in [9.17, 15) is 39.0 Å². The molecular formula is C65H70N10O12. The number of esters is 2. The van der Waals surface area contributed by atoms with Crippen LogP contribution in [-0.4, -0.2) is 205 Å². The van der Waals surface area contributed by atoms with Gasteiger partial charge in [0.2, 0.25) is 11.8 Å². The lowest BCUT2D eigenvalue weighted by atomic mass is 10.00. The van der Waals surface area contributed by atoms with Crippen molar-refractivity contribution >= 4 is 91.7 Å². The Bertz CT molecular complexity index is 3550. The fraction of sp³-hybridized carbons (Fsp3) is 0.262. The number of aromatic hydroxyl groups is 2. The number of ether oxygens (including phenoxy) is 2. The number of aromatic nitrogens is 2. The van der Waals surface area contributed by atoms with Crippen molar-refractivity contribution in [3.8, 4) is 11.8 Å². The number of hydrogen-bond donors (Lipinski definition) is 6. The number of nitrogens with one attached hydrogen (secondary N) is 2. The lowest BCUT2D eigenvalue weighted by molar-refractivity contribution is -0.147. The van der Waals surface area contributed by atoms with Gasteiger partial charge in [0.1, 0.15) is 6.42 Å². The first kappa shape index (κ1) is 63.0. The number of amides is 2. The maximum atomic E-state index is 12.9. The average molecular weight is 1180 g/mol. The lowest BCUT2D eigenvalue weighted by Gasteiger charge is -2.32. The monoisotopic (exact) mass is 1180 g/mol. The van der Waals surface area contributed by atoms with Crippen LogP contribution in [0.4, 0.5) is 22.7 Å². The summed E-state index contributed by atoms with van der Waals surface area (Å²) >= 11 is 0. The van der Waals surface area contributed by atoms with Crippen LogP contribution in [0.5, 0.6) is 11.8 Å². The zero-order chi connectivity index (χ0) is 62.3. The van der Waals surface area contributed by atoms with Crippen LogP contribution in [0.2, 0.25) is 0 Å². The van der Waals surface area contributed by atoms with Gasteiger partial charge in [-0.2, -0.15) is 0 Å². The maximum Gasteiger partial charge on any atom is 0.337 e. The van der Waals surface area contributed by atoms with Gasteiger partial charge in [-0.3, -0.25) is 29.0 Å². The van der Waals surface area contributed by atoms with E-state index in [1.54, 1.807) is 60.3 Å². The molecule has 452 valence electrons. The lowest BCUT2D eigenvalue weighted by Crippen LogP contribution is -2.48. The van der Waals surface area contributed by atoms with Crippen molar-refractivity contribution in [3.05, 3.63) is 179 Å². The minimum atomic E-state index is -1.31. The number of carbonyl (C=O) groups excluding carboxylic acids is 4. The molecule has 0 atom stereocenters. The van der Waals surface area contributed by atoms with Crippen molar-refractivity contribution < 1.29 is 58.7 Å². The second kappa shape index (κ2) is 29.2. The van der Waals surface area contributed by atoms with E-state index in [4.69, 9.17) is 29.7 Å². The van der Waals surface area contributed by atoms with Crippen molar-refractivity contribution in [1.29, 1.82) is 0 Å². The molecule has 8 aromatic rings. The van der Waals surface area contributed by atoms with Gasteiger partial charge < -0.3 is 59.5 Å². The highest BCUT2D eigenvalue weighted by Crippen LogP contribution is 2.35. The molecule has 0 radical (unpaired) electrons. The first-order valence-electron chi connectivity index (χ1n) is 27.9. The number of hydrogen-bond acceptors (Lipinski definition) is 16. The molecule has 6 N–H and O–H groups in total. The third kappa shape index (κ3) is 16.3. The molecule has 0 saturated carbocycles. The molecule has 0 aliphatic carbocycles. The number of benzene rings is 6. The molecule has 2 amide bonds. The first-order chi connectivity index (χ1) is 41.8. The molecule has 0 unspecified atom stereocenters. The standard InChI is InChI=1S/2C31H33N5O4.C3H4O4/c2*1-34-15-17-36(18-16-34)20-27(37)35(2)24-12-10-23(11-13-24)32-29(21-7-5-4-6-8-21)28-25-14-9-22(31(39)40-3)19-26(25)33-30(28)38;4-2(5)1-3(6)7/h2*4-14,19,33,38H,15-18,20H2,1-3H3;1H2,(H,4,5)(H,6,7). The van der Waals surface area contributed by atoms with Crippen LogP contribution in [0.25, 0.3) is 21.8 Å². The van der Waals surface area contributed by atoms with E-state index in [1.807, 2.05) is 109 Å². The molecule has 0 spiro atoms. The number of aliphatic carboxylic acids is 2. The Hall–Kier alpha value is -10.00. The normalized spacial score (nSPS) is 14.3. The minimum Gasteiger partial charge on any atom is -0.494 e. The van der Waals surface area contributed by atoms with Crippen molar-refractivity contribution in [2.75, 3.05) is 118 Å². The van der Waals surface area contributed by atoms with Gasteiger partial charge >= 0.3 is 23.9 Å². The van der Waals surface area contributed by atoms with Crippen LogP contribution < -0.4 is 9.80 Å². The summed E-state index contributed by atoms with van der Waals surface area (Å²) in [5.74, 6) is -3.55. The molecule has 2 saturated heterocycles. The Labute approximate surface area is 502 Å². The van der Waals surface area contributed by atoms with E-state index in [0.29, 0.717) is 69.2 Å². The number of carbonyl (C=O) groups is 6. The maximum absolute atomic E-state index is 12.9. The number of aliphatic imine (C=N–C) groups is 2. The molecule has 22 heteroatoms. The zero-order valence-corrected chi connectivity index (χ0v) is 49.3. The van der Waals surface area contributed by atoms with Crippen molar-refractivity contribution in [1.82, 2.24) is 29.6 Å². The smallest absolute Gasteiger partial charge is 0.337 e. The van der Waals surface area contributed by atoms with Crippen molar-refractivity contribution in [2.45, 2.75) is 6.42 Å². The van der Waals surface area contributed by atoms with Crippen molar-refractivity contribution in [3.63, 3.8) is 0 Å². The van der Waals surface area contributed by atoms with Gasteiger partial charge in [0.25, 0.3) is 0 Å². The number of carboxylic acids is 2. The number of piperazine rings is 2. The second-order valence-electron chi connectivity index (χ2n) is 20.9. The fourth-order valence-corrected chi connectivity index (χ4v) is 9.84. The quantitative estimate of drug-likeness (QED) is 0.0308. The summed E-state index contributed by atoms with van der Waals surface area (Å²) in [5.41, 5.74) is 8.68. The number of fused-ring (bicyclic) bond motifs is 2. The van der Waals surface area contributed by atoms with E-state index < -0.39 is 30.3 Å². The van der Waals surface area contributed by atoms with E-state index in [2.05, 4.69) is 43.7 Å². The van der Waals surface area contributed by atoms with Gasteiger partial charge in [0.05, 0.1) is 72.4 Å². The zero-order valence-electron chi connectivity index (χ0n) is 49.3. The molecule has 2 aliphatic rings. The summed E-state index contributed by atoms with van der Waals surface area (Å²) in [7, 11) is 10.4. The van der Waals surface area contributed by atoms with Crippen LogP contribution in [0.15, 0.2) is 156 Å². The number of carboxylic acid groups (broad SMARTS) is 2. The SMILES string of the molecule is COC(=O)c1ccc2c(C(=Nc3ccc(N(C)C(=O)CN4CCN(C)CC4)cc3)c3ccccc3)c(O)[nH]c2c1.COC(=O)c1ccc2c(C(=Nc3ccc(N(C)C(=O)CN4CCN(C)CC4)cc3)c3ccccc3)c(O)[nH]c2c1.O=C(O)CC(=O)O. The molecular weight excluding hydrogens is 1110 g/mol. The summed E-state index contributed by atoms with van der Waals surface area (Å²) < 4.78 is 9.67. The van der Waals surface area contributed by atoms with Gasteiger partial charge in [0, 0.05) is 111 Å². The third-order valence-electron chi connectivity index (χ3n) is 14.9. The van der Waals surface area contributed by atoms with Crippen LogP contribution in [0.1, 0.15) is 49.4 Å². The van der Waals surface area contributed by atoms with E-state index >= 15 is 0 Å². The largest absolute Gasteiger partial charge is 0.494 e. The second-order valence-corrected chi connectivity index (χ2v) is 20.9. The fourth-order valence-electron chi connectivity index (χ4n) is 9.84. The van der Waals surface area contributed by atoms with Crippen LogP contribution in [0.3, 0.4) is 0 Å². The predicted molar refractivity (Wildman–Crippen MR) is 334 cm³/mol. The highest BCUT2D eigenvalue weighted by atomic mass is 16.5. The number of rotatable bonds is 16. The first-order valence-corrected chi connectivity index (χ1v) is 27.9. The van der Waals surface area contributed by atoms with E-state index in [1.165, 1.54) is 14.2 Å². The minimum absolute atomic E-state index is 0.0424. The number of anilines is 2. The summed E-state index contributed by atoms with van der Waals surface area (Å²) in [5, 5.41) is 38.8. The summed E-state index contributed by atoms with van der Waals surface area (Å²) in [6, 6.07) is 44.3. The van der Waals surface area contributed by atoms with Crippen molar-refractivity contribution in [2.24, 2.45) is 9.98 Å². The Balaban J connectivity index is 0.000000203. The molecule has 0 bridgehead atoms. The van der Waals surface area contributed by atoms with Gasteiger partial charge in [-0.1, -0.05) is 72.8 Å². The molecule has 4 heterocycles. The van der Waals surface area contributed by atoms with Gasteiger partial charge in [-0.15, -0.1) is 0 Å². The van der Waals surface area contributed by atoms with Crippen LogP contribution >= 0.6 is 0 Å². The van der Waals surface area contributed by atoms with Crippen LogP contribution in [-0.2, 0) is 28.7 Å². The van der Waals surface area contributed by atoms with E-state index in [-0.39, 0.29) is 23.6 Å². The third-order valence-corrected chi connectivity index (χ3v) is 14.9. The van der Waals surface area contributed by atoms with Gasteiger partial charge in [-0.05, 0) is 86.9 Å². The van der Waals surface area contributed by atoms with Crippen LogP contribution in [0, 0.1) is 0 Å². The molecule has 87 heavy (non-hydrogen) atoms. The molecule has 2 fully saturated rings. The molecule has 10 rings (SSSR count). The molecule has 2 aromatic heterocycles. The predicted octanol–water partition coefficient (Wildman–Crippen LogP) is 7.62. The highest BCUT2D eigenvalue weighted by Gasteiger charge is 2.25. The number of nitrogens with zero attached hydrogens (tertiary/aromatic N) is 8. The Morgan fingerprint density at radius 3 is 1.14 bits per heavy atom. The van der Waals surface area contributed by atoms with Gasteiger partial charge in [0.15, 0.2) is 11.8 Å². The summed E-state index contributed by atoms with van der Waals surface area (Å²) in [6.45, 7) is 8.18. The number of aromatic amines is 2. The van der Waals surface area contributed by atoms with Gasteiger partial charge in [-0.25, -0.2) is 19.6 Å². The number of likely N-dealkylation sites (N-methyl/N-ethyl adjacent to an activating group) is 4. The summed E-state index contributed by atoms with van der Waals surface area (Å²) in [6.07, 6.45) is -0.806. The number of methoxy groups -OCH3 is 2. The Morgan fingerprint density at radius 2 is 0.828 bits per heavy atom. The average Bonchev–Trinajstić information content (AvgIpc) is 2.01. The molecule has 6 aromatic carbocycles. The number of H-pyrrole nitrogens is 2. The molecule has 2 aliphatic heterocycles. The van der Waals surface area contributed by atoms with E-state index in [0.717, 1.165) is 85.6 Å². The summed E-state index contributed by atoms with van der Waals surface area (Å²) in [4.78, 5) is 96.8.